The van der Waals surface area contributed by atoms with Crippen LogP contribution in [0.1, 0.15) is 16.8 Å². The van der Waals surface area contributed by atoms with E-state index in [1.165, 1.54) is 22.2 Å². The van der Waals surface area contributed by atoms with Gasteiger partial charge < -0.3 is 4.98 Å². The van der Waals surface area contributed by atoms with Crippen molar-refractivity contribution in [3.05, 3.63) is 82.8 Å². The van der Waals surface area contributed by atoms with Gasteiger partial charge in [0.2, 0.25) is 0 Å². The van der Waals surface area contributed by atoms with Crippen LogP contribution in [0.25, 0.3) is 21.8 Å². The number of aromatic nitrogens is 1. The van der Waals surface area contributed by atoms with Crippen LogP contribution in [-0.4, -0.2) is 23.0 Å². The van der Waals surface area contributed by atoms with Crippen molar-refractivity contribution >= 4 is 22.7 Å². The van der Waals surface area contributed by atoms with E-state index < -0.39 is 0 Å². The minimum absolute atomic E-state index is 0.698. The van der Waals surface area contributed by atoms with Crippen molar-refractivity contribution in [3.8, 4) is 0 Å². The average molecular weight is 313 g/mol. The fourth-order valence-electron chi connectivity index (χ4n) is 3.39. The molecule has 3 aromatic rings. The lowest BCUT2D eigenvalue weighted by Crippen LogP contribution is -2.30. The molecule has 0 unspecified atom stereocenters. The second kappa shape index (κ2) is 6.35. The Kier molecular flexibility index (Phi) is 3.90. The van der Waals surface area contributed by atoms with Crippen molar-refractivity contribution < 1.29 is 0 Å². The number of fused-ring (bicyclic) bond motifs is 3. The predicted octanol–water partition coefficient (Wildman–Crippen LogP) is 4.79. The molecule has 3 nitrogen and oxygen atoms in total. The summed E-state index contributed by atoms with van der Waals surface area (Å²) in [5, 5.41) is 1.26. The van der Waals surface area contributed by atoms with Crippen LogP contribution in [-0.2, 0) is 13.0 Å². The number of H-pyrrole nitrogens is 1. The Bertz CT molecular complexity index is 929. The third-order valence-electron chi connectivity index (χ3n) is 4.64. The molecule has 4 rings (SSSR count). The van der Waals surface area contributed by atoms with E-state index >= 15 is 0 Å². The van der Waals surface area contributed by atoms with Crippen LogP contribution in [0.15, 0.2) is 54.6 Å². The SMILES string of the molecule is [C-]#[N+]c1ccc2c3c([nH]c2c1)CCN(C/C=C/c1ccccc1)C3. The Hall–Kier alpha value is -2.83. The van der Waals surface area contributed by atoms with Crippen LogP contribution in [0, 0.1) is 6.57 Å². The van der Waals surface area contributed by atoms with Gasteiger partial charge in [0.05, 0.1) is 6.57 Å². The maximum Gasteiger partial charge on any atom is 0.189 e. The highest BCUT2D eigenvalue weighted by Gasteiger charge is 2.19. The first-order valence-electron chi connectivity index (χ1n) is 8.28. The molecule has 0 fully saturated rings. The summed E-state index contributed by atoms with van der Waals surface area (Å²) in [4.78, 5) is 9.50. The molecule has 118 valence electrons. The number of rotatable bonds is 3. The van der Waals surface area contributed by atoms with Crippen molar-refractivity contribution in [2.24, 2.45) is 0 Å². The highest BCUT2D eigenvalue weighted by molar-refractivity contribution is 5.87. The van der Waals surface area contributed by atoms with E-state index in [0.717, 1.165) is 31.6 Å². The molecule has 0 amide bonds. The maximum atomic E-state index is 7.16. The van der Waals surface area contributed by atoms with E-state index in [0.29, 0.717) is 5.69 Å². The predicted molar refractivity (Wildman–Crippen MR) is 99.0 cm³/mol. The standard InChI is InChI=1S/C21H19N3/c1-22-17-9-10-18-19-15-24(13-11-20(19)23-21(18)14-17)12-5-8-16-6-3-2-4-7-16/h2-10,14,23H,11-13,15H2/b8-5+. The van der Waals surface area contributed by atoms with Crippen LogP contribution in [0.3, 0.4) is 0 Å². The van der Waals surface area contributed by atoms with Gasteiger partial charge in [-0.15, -0.1) is 0 Å². The van der Waals surface area contributed by atoms with E-state index in [2.05, 4.69) is 57.2 Å². The molecule has 0 atom stereocenters. The number of hydrogen-bond acceptors (Lipinski definition) is 1. The Labute approximate surface area is 142 Å². The number of nitrogens with zero attached hydrogens (tertiary/aromatic N) is 2. The van der Waals surface area contributed by atoms with Gasteiger partial charge >= 0.3 is 0 Å². The van der Waals surface area contributed by atoms with Gasteiger partial charge in [-0.1, -0.05) is 54.6 Å². The van der Waals surface area contributed by atoms with E-state index in [1.54, 1.807) is 0 Å². The molecule has 2 heterocycles. The van der Waals surface area contributed by atoms with E-state index in [1.807, 2.05) is 18.2 Å². The summed E-state index contributed by atoms with van der Waals surface area (Å²) < 4.78 is 0. The quantitative estimate of drug-likeness (QED) is 0.690. The van der Waals surface area contributed by atoms with Gasteiger partial charge in [0.15, 0.2) is 5.69 Å². The van der Waals surface area contributed by atoms with Crippen molar-refractivity contribution in [1.82, 2.24) is 9.88 Å². The molecule has 3 heteroatoms. The zero-order chi connectivity index (χ0) is 16.4. The van der Waals surface area contributed by atoms with Crippen LogP contribution >= 0.6 is 0 Å². The molecular weight excluding hydrogens is 294 g/mol. The van der Waals surface area contributed by atoms with Gasteiger partial charge in [-0.3, -0.25) is 4.90 Å². The van der Waals surface area contributed by atoms with Crippen LogP contribution in [0.2, 0.25) is 0 Å². The molecule has 24 heavy (non-hydrogen) atoms. The molecule has 1 aliphatic rings. The normalized spacial score (nSPS) is 14.8. The molecule has 0 aliphatic carbocycles. The Morgan fingerprint density at radius 2 is 2.04 bits per heavy atom. The van der Waals surface area contributed by atoms with Crippen molar-refractivity contribution in [1.29, 1.82) is 0 Å². The topological polar surface area (TPSA) is 23.4 Å². The molecule has 1 aliphatic heterocycles. The lowest BCUT2D eigenvalue weighted by atomic mass is 10.0. The first-order chi connectivity index (χ1) is 11.8. The number of nitrogens with one attached hydrogen (secondary N) is 1. The largest absolute Gasteiger partial charge is 0.359 e. The van der Waals surface area contributed by atoms with Gasteiger partial charge in [-0.05, 0) is 17.2 Å². The monoisotopic (exact) mass is 313 g/mol. The lowest BCUT2D eigenvalue weighted by molar-refractivity contribution is 0.282. The van der Waals surface area contributed by atoms with Crippen LogP contribution in [0.5, 0.6) is 0 Å². The fraction of sp³-hybridized carbons (Fsp3) is 0.190. The van der Waals surface area contributed by atoms with Gasteiger partial charge in [0.25, 0.3) is 0 Å². The van der Waals surface area contributed by atoms with E-state index in [-0.39, 0.29) is 0 Å². The molecule has 0 bridgehead atoms. The summed E-state index contributed by atoms with van der Waals surface area (Å²) in [5.74, 6) is 0. The highest BCUT2D eigenvalue weighted by atomic mass is 15.1. The summed E-state index contributed by atoms with van der Waals surface area (Å²) in [6.07, 6.45) is 5.47. The first-order valence-corrected chi connectivity index (χ1v) is 8.28. The average Bonchev–Trinajstić information content (AvgIpc) is 2.99. The Morgan fingerprint density at radius 1 is 1.17 bits per heavy atom. The second-order valence-electron chi connectivity index (χ2n) is 6.22. The van der Waals surface area contributed by atoms with Gasteiger partial charge in [0, 0.05) is 42.7 Å². The molecule has 1 N–H and O–H groups in total. The van der Waals surface area contributed by atoms with Gasteiger partial charge in [0.1, 0.15) is 0 Å². The molecule has 2 aromatic carbocycles. The summed E-state index contributed by atoms with van der Waals surface area (Å²) in [7, 11) is 0. The maximum absolute atomic E-state index is 7.16. The van der Waals surface area contributed by atoms with Crippen molar-refractivity contribution in [3.63, 3.8) is 0 Å². The zero-order valence-corrected chi connectivity index (χ0v) is 13.5. The van der Waals surface area contributed by atoms with E-state index in [9.17, 15) is 0 Å². The lowest BCUT2D eigenvalue weighted by Gasteiger charge is -2.25. The number of benzene rings is 2. The number of hydrogen-bond donors (Lipinski definition) is 1. The summed E-state index contributed by atoms with van der Waals surface area (Å²) in [6.45, 7) is 10.1. The van der Waals surface area contributed by atoms with Crippen LogP contribution < -0.4 is 0 Å². The summed E-state index contributed by atoms with van der Waals surface area (Å²) in [5.41, 5.74) is 5.75. The van der Waals surface area contributed by atoms with Gasteiger partial charge in [-0.2, -0.15) is 0 Å². The highest BCUT2D eigenvalue weighted by Crippen LogP contribution is 2.30. The summed E-state index contributed by atoms with van der Waals surface area (Å²) >= 11 is 0. The van der Waals surface area contributed by atoms with Gasteiger partial charge in [-0.25, -0.2) is 4.85 Å². The molecule has 0 radical (unpaired) electrons. The van der Waals surface area contributed by atoms with Crippen molar-refractivity contribution in [2.45, 2.75) is 13.0 Å². The molecule has 0 saturated heterocycles. The Morgan fingerprint density at radius 3 is 2.88 bits per heavy atom. The molecule has 0 spiro atoms. The Balaban J connectivity index is 1.51. The fourth-order valence-corrected chi connectivity index (χ4v) is 3.39. The third-order valence-corrected chi connectivity index (χ3v) is 4.64. The van der Waals surface area contributed by atoms with Crippen LogP contribution in [0.4, 0.5) is 5.69 Å². The van der Waals surface area contributed by atoms with E-state index in [4.69, 9.17) is 6.57 Å². The number of aromatic amines is 1. The smallest absolute Gasteiger partial charge is 0.189 e. The third kappa shape index (κ3) is 2.84. The molecule has 0 saturated carbocycles. The zero-order valence-electron chi connectivity index (χ0n) is 13.5. The van der Waals surface area contributed by atoms with Crippen molar-refractivity contribution in [2.75, 3.05) is 13.1 Å². The first kappa shape index (κ1) is 14.7. The summed E-state index contributed by atoms with van der Waals surface area (Å²) in [6, 6.07) is 16.4. The molecular formula is C21H19N3. The molecule has 1 aromatic heterocycles. The minimum Gasteiger partial charge on any atom is -0.359 e. The minimum atomic E-state index is 0.698. The second-order valence-corrected chi connectivity index (χ2v) is 6.22.